The van der Waals surface area contributed by atoms with Crippen molar-refractivity contribution < 1.29 is 4.74 Å². The minimum Gasteiger partial charge on any atom is -0.457 e. The fourth-order valence-corrected chi connectivity index (χ4v) is 7.29. The molecule has 0 fully saturated rings. The van der Waals surface area contributed by atoms with Crippen LogP contribution in [0.4, 0.5) is 0 Å². The van der Waals surface area contributed by atoms with E-state index in [-0.39, 0.29) is 10.8 Å². The van der Waals surface area contributed by atoms with Gasteiger partial charge in [0, 0.05) is 22.0 Å². The van der Waals surface area contributed by atoms with E-state index < -0.39 is 0 Å². The largest absolute Gasteiger partial charge is 0.457 e. The molecule has 0 N–H and O–H groups in total. The van der Waals surface area contributed by atoms with Gasteiger partial charge in [-0.25, -0.2) is 0 Å². The first kappa shape index (κ1) is 23.3. The quantitative estimate of drug-likeness (QED) is 0.223. The number of hydrogen-bond donors (Lipinski definition) is 0. The number of benzene rings is 6. The molecule has 6 aromatic rings. The highest BCUT2D eigenvalue weighted by Gasteiger charge is 2.40. The zero-order chi connectivity index (χ0) is 27.1. The Balaban J connectivity index is 1.27. The molecule has 0 saturated carbocycles. The lowest BCUT2D eigenvalue weighted by molar-refractivity contribution is 0.427. The lowest BCUT2D eigenvalue weighted by atomic mass is 9.69. The number of ether oxygens (including phenoxy) is 1. The molecule has 40 heavy (non-hydrogen) atoms. The van der Waals surface area contributed by atoms with E-state index in [4.69, 9.17) is 4.74 Å². The van der Waals surface area contributed by atoms with Crippen molar-refractivity contribution in [3.8, 4) is 33.8 Å². The molecule has 1 aliphatic carbocycles. The van der Waals surface area contributed by atoms with Gasteiger partial charge in [-0.2, -0.15) is 0 Å². The summed E-state index contributed by atoms with van der Waals surface area (Å²) in [5.41, 5.74) is 11.2. The molecule has 0 aromatic heterocycles. The molecule has 1 atom stereocenters. The van der Waals surface area contributed by atoms with Crippen molar-refractivity contribution in [3.05, 3.63) is 155 Å². The van der Waals surface area contributed by atoms with Gasteiger partial charge in [0.05, 0.1) is 0 Å². The zero-order valence-corrected chi connectivity index (χ0v) is 23.0. The second kappa shape index (κ2) is 8.19. The lowest BCUT2D eigenvalue weighted by Gasteiger charge is -2.38. The Morgan fingerprint density at radius 3 is 2.05 bits per heavy atom. The number of hydrogen-bond acceptors (Lipinski definition) is 1. The summed E-state index contributed by atoms with van der Waals surface area (Å²) in [5.74, 6) is 1.85. The van der Waals surface area contributed by atoms with Crippen LogP contribution in [0.2, 0.25) is 0 Å². The van der Waals surface area contributed by atoms with Gasteiger partial charge >= 0.3 is 0 Å². The number of rotatable bonds is 2. The van der Waals surface area contributed by atoms with Crippen molar-refractivity contribution in [1.29, 1.82) is 0 Å². The molecule has 2 aliphatic rings. The average Bonchev–Trinajstić information content (AvgIpc) is 3.23. The van der Waals surface area contributed by atoms with Gasteiger partial charge in [-0.1, -0.05) is 123 Å². The van der Waals surface area contributed by atoms with Gasteiger partial charge in [0.2, 0.25) is 0 Å². The second-order valence-corrected chi connectivity index (χ2v) is 11.9. The molecule has 0 bridgehead atoms. The summed E-state index contributed by atoms with van der Waals surface area (Å²) in [5, 5.41) is 2.65. The van der Waals surface area contributed by atoms with Gasteiger partial charge in [0.1, 0.15) is 11.5 Å². The molecule has 1 nitrogen and oxygen atoms in total. The molecule has 0 spiro atoms. The summed E-state index contributed by atoms with van der Waals surface area (Å²) in [6, 6.07) is 46.3. The maximum atomic E-state index is 6.59. The first-order valence-electron chi connectivity index (χ1n) is 14.1. The molecule has 192 valence electrons. The summed E-state index contributed by atoms with van der Waals surface area (Å²) in [6.07, 6.45) is 0. The third-order valence-corrected chi connectivity index (χ3v) is 9.39. The van der Waals surface area contributed by atoms with Crippen LogP contribution in [0.3, 0.4) is 0 Å². The van der Waals surface area contributed by atoms with Crippen LogP contribution in [0.15, 0.2) is 127 Å². The molecular formula is C39H30O. The Bertz CT molecular complexity index is 1960. The third kappa shape index (κ3) is 3.09. The molecular weight excluding hydrogens is 484 g/mol. The van der Waals surface area contributed by atoms with Crippen molar-refractivity contribution in [2.45, 2.75) is 31.6 Å². The molecule has 6 aromatic carbocycles. The minimum absolute atomic E-state index is 0.0862. The van der Waals surface area contributed by atoms with Crippen LogP contribution in [0, 0.1) is 0 Å². The van der Waals surface area contributed by atoms with Crippen LogP contribution in [0.5, 0.6) is 11.5 Å². The predicted octanol–water partition coefficient (Wildman–Crippen LogP) is 10.3. The Kier molecular flexibility index (Phi) is 4.77. The standard InChI is InChI=1S/C39H30O/c1-38(2)34-23-26(18-20-30(34)31-21-17-25-11-7-8-14-29(25)37(31)38)27-19-22-33-36(24-27)40-35-16-10-9-15-32(35)39(33,3)28-12-5-4-6-13-28/h4-24H,1-3H3. The Hall–Kier alpha value is -4.62. The third-order valence-electron chi connectivity index (χ3n) is 9.39. The maximum absolute atomic E-state index is 6.59. The number of fused-ring (bicyclic) bond motifs is 7. The van der Waals surface area contributed by atoms with E-state index in [1.165, 1.54) is 60.8 Å². The highest BCUT2D eigenvalue weighted by Crippen LogP contribution is 2.54. The fraction of sp³-hybridized carbons (Fsp3) is 0.128. The van der Waals surface area contributed by atoms with E-state index in [1.54, 1.807) is 0 Å². The van der Waals surface area contributed by atoms with Gasteiger partial charge in [0.25, 0.3) is 0 Å². The highest BCUT2D eigenvalue weighted by molar-refractivity contribution is 5.98. The van der Waals surface area contributed by atoms with Crippen LogP contribution in [0.1, 0.15) is 48.6 Å². The lowest BCUT2D eigenvalue weighted by Crippen LogP contribution is -2.29. The SMILES string of the molecule is CC1(C)c2cc(-c3ccc4c(c3)Oc3ccccc3C4(C)c3ccccc3)ccc2-c2ccc3ccccc3c21. The van der Waals surface area contributed by atoms with Gasteiger partial charge in [-0.15, -0.1) is 0 Å². The summed E-state index contributed by atoms with van der Waals surface area (Å²) in [4.78, 5) is 0. The Morgan fingerprint density at radius 1 is 0.500 bits per heavy atom. The van der Waals surface area contributed by atoms with E-state index in [0.717, 1.165) is 11.5 Å². The van der Waals surface area contributed by atoms with Crippen molar-refractivity contribution >= 4 is 10.8 Å². The van der Waals surface area contributed by atoms with Crippen LogP contribution < -0.4 is 4.74 Å². The summed E-state index contributed by atoms with van der Waals surface area (Å²) >= 11 is 0. The first-order chi connectivity index (χ1) is 19.5. The molecule has 1 heteroatoms. The fourth-order valence-electron chi connectivity index (χ4n) is 7.29. The van der Waals surface area contributed by atoms with Crippen molar-refractivity contribution in [1.82, 2.24) is 0 Å². The Morgan fingerprint density at radius 2 is 1.18 bits per heavy atom. The van der Waals surface area contributed by atoms with E-state index in [2.05, 4.69) is 148 Å². The van der Waals surface area contributed by atoms with E-state index in [0.29, 0.717) is 0 Å². The summed E-state index contributed by atoms with van der Waals surface area (Å²) in [7, 11) is 0. The van der Waals surface area contributed by atoms with Crippen LogP contribution >= 0.6 is 0 Å². The van der Waals surface area contributed by atoms with Crippen molar-refractivity contribution in [3.63, 3.8) is 0 Å². The minimum atomic E-state index is -0.299. The smallest absolute Gasteiger partial charge is 0.132 e. The summed E-state index contributed by atoms with van der Waals surface area (Å²) in [6.45, 7) is 7.06. The monoisotopic (exact) mass is 514 g/mol. The van der Waals surface area contributed by atoms with Gasteiger partial charge in [-0.3, -0.25) is 0 Å². The van der Waals surface area contributed by atoms with Crippen molar-refractivity contribution in [2.24, 2.45) is 0 Å². The highest BCUT2D eigenvalue weighted by atomic mass is 16.5. The van der Waals surface area contributed by atoms with E-state index in [9.17, 15) is 0 Å². The van der Waals surface area contributed by atoms with E-state index in [1.807, 2.05) is 0 Å². The van der Waals surface area contributed by atoms with Gasteiger partial charge in [-0.05, 0) is 74.8 Å². The topological polar surface area (TPSA) is 9.23 Å². The Labute approximate surface area is 235 Å². The van der Waals surface area contributed by atoms with Crippen LogP contribution in [-0.2, 0) is 10.8 Å². The average molecular weight is 515 g/mol. The molecule has 0 radical (unpaired) electrons. The molecule has 0 saturated heterocycles. The van der Waals surface area contributed by atoms with Gasteiger partial charge in [0.15, 0.2) is 0 Å². The van der Waals surface area contributed by atoms with Crippen molar-refractivity contribution in [2.75, 3.05) is 0 Å². The molecule has 1 unspecified atom stereocenters. The predicted molar refractivity (Wildman–Crippen MR) is 165 cm³/mol. The first-order valence-corrected chi connectivity index (χ1v) is 14.1. The van der Waals surface area contributed by atoms with E-state index >= 15 is 0 Å². The van der Waals surface area contributed by atoms with Crippen LogP contribution in [-0.4, -0.2) is 0 Å². The molecule has 1 heterocycles. The molecule has 1 aliphatic heterocycles. The normalized spacial score (nSPS) is 17.9. The molecule has 0 amide bonds. The summed E-state index contributed by atoms with van der Waals surface area (Å²) < 4.78 is 6.59. The van der Waals surface area contributed by atoms with Crippen LogP contribution in [0.25, 0.3) is 33.0 Å². The molecule has 8 rings (SSSR count). The second-order valence-electron chi connectivity index (χ2n) is 11.9. The number of para-hydroxylation sites is 1. The zero-order valence-electron chi connectivity index (χ0n) is 23.0. The van der Waals surface area contributed by atoms with Gasteiger partial charge < -0.3 is 4.74 Å². The maximum Gasteiger partial charge on any atom is 0.132 e.